The van der Waals surface area contributed by atoms with Crippen LogP contribution in [-0.2, 0) is 26.1 Å². The van der Waals surface area contributed by atoms with Crippen molar-refractivity contribution in [1.82, 2.24) is 9.21 Å². The Morgan fingerprint density at radius 2 is 1.79 bits per heavy atom. The predicted octanol–water partition coefficient (Wildman–Crippen LogP) is 3.14. The first-order valence-corrected chi connectivity index (χ1v) is 12.3. The van der Waals surface area contributed by atoms with Crippen LogP contribution in [0.15, 0.2) is 59.5 Å². The first-order valence-electron chi connectivity index (χ1n) is 10.8. The van der Waals surface area contributed by atoms with Crippen LogP contribution in [0.3, 0.4) is 0 Å². The molecule has 182 valence electrons. The van der Waals surface area contributed by atoms with Gasteiger partial charge in [-0.1, -0.05) is 30.3 Å². The summed E-state index contributed by atoms with van der Waals surface area (Å²) in [5, 5.41) is 9.20. The summed E-state index contributed by atoms with van der Waals surface area (Å²) in [5.74, 6) is 0.331. The molecular formula is C23H26N2O8S. The molecule has 3 atom stereocenters. The average Bonchev–Trinajstić information content (AvgIpc) is 3.20. The highest BCUT2D eigenvalue weighted by Crippen LogP contribution is 2.40. The van der Waals surface area contributed by atoms with Crippen molar-refractivity contribution >= 4 is 22.3 Å². The fourth-order valence-corrected chi connectivity index (χ4v) is 6.27. The molecule has 34 heavy (non-hydrogen) atoms. The summed E-state index contributed by atoms with van der Waals surface area (Å²) < 4.78 is 43.7. The molecule has 1 amide bonds. The van der Waals surface area contributed by atoms with Crippen molar-refractivity contribution in [3.8, 4) is 5.75 Å². The van der Waals surface area contributed by atoms with E-state index in [0.717, 1.165) is 9.87 Å². The van der Waals surface area contributed by atoms with E-state index in [0.29, 0.717) is 18.7 Å². The molecule has 11 heteroatoms. The lowest BCUT2D eigenvalue weighted by Gasteiger charge is -2.37. The van der Waals surface area contributed by atoms with Crippen molar-refractivity contribution in [1.29, 1.82) is 0 Å². The van der Waals surface area contributed by atoms with Crippen molar-refractivity contribution < 1.29 is 37.3 Å². The van der Waals surface area contributed by atoms with Gasteiger partial charge in [-0.25, -0.2) is 18.0 Å². The number of likely N-dealkylation sites (tertiary alicyclic amines) is 1. The first kappa shape index (κ1) is 23.8. The Morgan fingerprint density at radius 1 is 1.09 bits per heavy atom. The zero-order chi connectivity index (χ0) is 24.3. The molecule has 2 saturated heterocycles. The van der Waals surface area contributed by atoms with E-state index in [-0.39, 0.29) is 30.4 Å². The van der Waals surface area contributed by atoms with Gasteiger partial charge in [-0.2, -0.15) is 4.31 Å². The molecule has 0 spiro atoms. The highest BCUT2D eigenvalue weighted by atomic mass is 32.2. The minimum atomic E-state index is -4.12. The topological polar surface area (TPSA) is 123 Å². The summed E-state index contributed by atoms with van der Waals surface area (Å²) in [5.41, 5.74) is 0.838. The number of amides is 1. The van der Waals surface area contributed by atoms with Crippen LogP contribution in [-0.4, -0.2) is 67.4 Å². The van der Waals surface area contributed by atoms with Crippen molar-refractivity contribution in [2.24, 2.45) is 5.92 Å². The molecule has 10 nitrogen and oxygen atoms in total. The molecule has 1 N–H and O–H groups in total. The fraction of sp³-hybridized carbons (Fsp3) is 0.391. The number of rotatable bonds is 6. The standard InChI is InChI=1S/C23H26N2O8S/c1-31-18-7-9-19(10-8-18)34(29,30)25-20-14-24(12-11-17(20)13-21(25)33-23(27)28)22(26)32-15-16-5-3-2-4-6-16/h2-10,17,20-21H,11-15H2,1H3,(H,27,28)/t17-,20-,21-/m0/s1. The van der Waals surface area contributed by atoms with Gasteiger partial charge in [-0.05, 0) is 42.2 Å². The maximum Gasteiger partial charge on any atom is 0.507 e. The number of nitrogens with zero attached hydrogens (tertiary/aromatic N) is 2. The molecule has 2 heterocycles. The molecule has 0 saturated carbocycles. The molecule has 0 aliphatic carbocycles. The van der Waals surface area contributed by atoms with Gasteiger partial charge in [0.15, 0.2) is 6.23 Å². The van der Waals surface area contributed by atoms with E-state index >= 15 is 0 Å². The first-order chi connectivity index (χ1) is 16.3. The lowest BCUT2D eigenvalue weighted by Crippen LogP contribution is -2.53. The monoisotopic (exact) mass is 490 g/mol. The van der Waals surface area contributed by atoms with Crippen LogP contribution >= 0.6 is 0 Å². The Bertz CT molecular complexity index is 1120. The third-order valence-corrected chi connectivity index (χ3v) is 8.10. The van der Waals surface area contributed by atoms with Crippen molar-refractivity contribution in [2.75, 3.05) is 20.2 Å². The van der Waals surface area contributed by atoms with E-state index in [1.165, 1.54) is 36.3 Å². The maximum absolute atomic E-state index is 13.5. The third kappa shape index (κ3) is 4.95. The average molecular weight is 491 g/mol. The zero-order valence-electron chi connectivity index (χ0n) is 18.6. The van der Waals surface area contributed by atoms with Gasteiger partial charge in [0, 0.05) is 25.6 Å². The quantitative estimate of drug-likeness (QED) is 0.613. The van der Waals surface area contributed by atoms with E-state index in [9.17, 15) is 23.1 Å². The summed E-state index contributed by atoms with van der Waals surface area (Å²) in [6.45, 7) is 0.557. The summed E-state index contributed by atoms with van der Waals surface area (Å²) in [6.07, 6.45) is -2.57. The second-order valence-corrected chi connectivity index (χ2v) is 10.0. The highest BCUT2D eigenvalue weighted by molar-refractivity contribution is 7.89. The number of benzene rings is 2. The maximum atomic E-state index is 13.5. The van der Waals surface area contributed by atoms with Crippen LogP contribution in [0.25, 0.3) is 0 Å². The SMILES string of the molecule is COc1ccc(S(=O)(=O)N2[C@@H](OC(=O)O)C[C@@H]3CCN(C(=O)OCc4ccccc4)C[C@@H]32)cc1. The van der Waals surface area contributed by atoms with E-state index in [4.69, 9.17) is 14.2 Å². The van der Waals surface area contributed by atoms with Gasteiger partial charge in [0.1, 0.15) is 12.4 Å². The summed E-state index contributed by atoms with van der Waals surface area (Å²) in [6, 6.07) is 14.4. The van der Waals surface area contributed by atoms with Crippen LogP contribution in [0.1, 0.15) is 18.4 Å². The number of sulfonamides is 1. The molecular weight excluding hydrogens is 464 g/mol. The van der Waals surface area contributed by atoms with Crippen molar-refractivity contribution in [2.45, 2.75) is 36.6 Å². The fourth-order valence-electron chi connectivity index (χ4n) is 4.52. The zero-order valence-corrected chi connectivity index (χ0v) is 19.4. The van der Waals surface area contributed by atoms with E-state index in [1.807, 2.05) is 30.3 Å². The number of carbonyl (C=O) groups excluding carboxylic acids is 1. The Kier molecular flexibility index (Phi) is 6.94. The summed E-state index contributed by atoms with van der Waals surface area (Å²) in [4.78, 5) is 25.5. The van der Waals surface area contributed by atoms with Crippen molar-refractivity contribution in [3.05, 3.63) is 60.2 Å². The number of methoxy groups -OCH3 is 1. The number of carbonyl (C=O) groups is 2. The minimum Gasteiger partial charge on any atom is -0.497 e. The Morgan fingerprint density at radius 3 is 2.44 bits per heavy atom. The van der Waals surface area contributed by atoms with Gasteiger partial charge >= 0.3 is 12.2 Å². The Hall–Kier alpha value is -3.31. The lowest BCUT2D eigenvalue weighted by atomic mass is 9.92. The number of ether oxygens (including phenoxy) is 3. The largest absolute Gasteiger partial charge is 0.507 e. The number of piperidine rings is 1. The lowest BCUT2D eigenvalue weighted by molar-refractivity contribution is 0.00687. The van der Waals surface area contributed by atoms with Crippen molar-refractivity contribution in [3.63, 3.8) is 0 Å². The van der Waals surface area contributed by atoms with E-state index in [1.54, 1.807) is 0 Å². The molecule has 0 bridgehead atoms. The molecule has 0 unspecified atom stereocenters. The van der Waals surface area contributed by atoms with Crippen LogP contribution in [0.2, 0.25) is 0 Å². The number of fused-ring (bicyclic) bond motifs is 1. The van der Waals surface area contributed by atoms with Gasteiger partial charge in [0.2, 0.25) is 10.0 Å². The Labute approximate surface area is 197 Å². The molecule has 2 aromatic carbocycles. The van der Waals surface area contributed by atoms with E-state index in [2.05, 4.69) is 0 Å². The number of carboxylic acid groups (broad SMARTS) is 1. The number of hydrogen-bond acceptors (Lipinski definition) is 7. The molecule has 2 aliphatic rings. The molecule has 4 rings (SSSR count). The number of hydrogen-bond donors (Lipinski definition) is 1. The van der Waals surface area contributed by atoms with Gasteiger partial charge in [-0.3, -0.25) is 0 Å². The highest BCUT2D eigenvalue weighted by Gasteiger charge is 2.52. The predicted molar refractivity (Wildman–Crippen MR) is 120 cm³/mol. The molecule has 2 aliphatic heterocycles. The second-order valence-electron chi connectivity index (χ2n) is 8.19. The van der Waals surface area contributed by atoms with Gasteiger partial charge in [-0.15, -0.1) is 0 Å². The molecule has 0 radical (unpaired) electrons. The van der Waals surface area contributed by atoms with Gasteiger partial charge in [0.25, 0.3) is 0 Å². The smallest absolute Gasteiger partial charge is 0.497 e. The van der Waals surface area contributed by atoms with Crippen LogP contribution in [0.4, 0.5) is 9.59 Å². The second kappa shape index (κ2) is 9.90. The molecule has 2 aromatic rings. The van der Waals surface area contributed by atoms with E-state index < -0.39 is 34.5 Å². The summed E-state index contributed by atoms with van der Waals surface area (Å²) in [7, 11) is -2.65. The molecule has 0 aromatic heterocycles. The van der Waals surface area contributed by atoms with Crippen LogP contribution in [0, 0.1) is 5.92 Å². The third-order valence-electron chi connectivity index (χ3n) is 6.17. The normalized spacial score (nSPS) is 22.6. The molecule has 2 fully saturated rings. The Balaban J connectivity index is 1.55. The van der Waals surface area contributed by atoms with Gasteiger partial charge < -0.3 is 24.2 Å². The summed E-state index contributed by atoms with van der Waals surface area (Å²) >= 11 is 0. The van der Waals surface area contributed by atoms with Gasteiger partial charge in [0.05, 0.1) is 12.0 Å². The van der Waals surface area contributed by atoms with Crippen LogP contribution in [0.5, 0.6) is 5.75 Å². The minimum absolute atomic E-state index is 0.0169. The van der Waals surface area contributed by atoms with Crippen LogP contribution < -0.4 is 4.74 Å².